The topological polar surface area (TPSA) is 41.1 Å². The molecule has 1 unspecified atom stereocenters. The first-order chi connectivity index (χ1) is 7.74. The minimum absolute atomic E-state index is 0. The third-order valence-corrected chi connectivity index (χ3v) is 3.05. The van der Waals surface area contributed by atoms with E-state index in [2.05, 4.69) is 27.5 Å². The average Bonchev–Trinajstić information content (AvgIpc) is 2.74. The van der Waals surface area contributed by atoms with Crippen LogP contribution in [0.3, 0.4) is 0 Å². The molecule has 4 nitrogen and oxygen atoms in total. The van der Waals surface area contributed by atoms with Crippen LogP contribution < -0.4 is 5.32 Å². The first-order valence-corrected chi connectivity index (χ1v) is 5.99. The lowest BCUT2D eigenvalue weighted by Gasteiger charge is -2.19. The molecule has 6 heteroatoms. The summed E-state index contributed by atoms with van der Waals surface area (Å²) in [5.41, 5.74) is 0.970. The molecule has 1 N–H and O–H groups in total. The van der Waals surface area contributed by atoms with E-state index in [0.717, 1.165) is 37.8 Å². The van der Waals surface area contributed by atoms with Crippen LogP contribution in [0.25, 0.3) is 0 Å². The Morgan fingerprint density at radius 1 is 1.47 bits per heavy atom. The highest BCUT2D eigenvalue weighted by molar-refractivity contribution is 6.29. The molecule has 1 atom stereocenters. The molecule has 17 heavy (non-hydrogen) atoms. The Morgan fingerprint density at radius 3 is 2.88 bits per heavy atom. The van der Waals surface area contributed by atoms with Crippen LogP contribution in [0, 0.1) is 5.92 Å². The average molecular weight is 277 g/mol. The number of hydrogen-bond acceptors (Lipinski definition) is 4. The summed E-state index contributed by atoms with van der Waals surface area (Å²) in [7, 11) is 2.12. The molecule has 96 valence electrons. The van der Waals surface area contributed by atoms with Gasteiger partial charge in [-0.3, -0.25) is 0 Å². The minimum atomic E-state index is 0. The van der Waals surface area contributed by atoms with Gasteiger partial charge in [0.1, 0.15) is 0 Å². The monoisotopic (exact) mass is 276 g/mol. The molecule has 0 saturated carbocycles. The molecular formula is C11H18Cl2N4. The fraction of sp³-hybridized carbons (Fsp3) is 0.636. The van der Waals surface area contributed by atoms with Crippen LogP contribution in [0.4, 0.5) is 0 Å². The summed E-state index contributed by atoms with van der Waals surface area (Å²) in [4.78, 5) is 2.29. The SMILES string of the molecule is CN(Cc1ccc(Cl)nn1)CC1CCNC1.Cl. The molecule has 0 bridgehead atoms. The van der Waals surface area contributed by atoms with Crippen molar-refractivity contribution in [2.75, 3.05) is 26.7 Å². The molecule has 1 fully saturated rings. The zero-order chi connectivity index (χ0) is 11.4. The molecule has 1 aliphatic rings. The molecule has 1 aromatic heterocycles. The van der Waals surface area contributed by atoms with Crippen molar-refractivity contribution >= 4 is 24.0 Å². The Bertz CT molecular complexity index is 325. The second-order valence-corrected chi connectivity index (χ2v) is 4.79. The standard InChI is InChI=1S/C11H17ClN4.ClH/c1-16(7-9-4-5-13-6-9)8-10-2-3-11(12)15-14-10;/h2-3,9,13H,4-8H2,1H3;1H. The van der Waals surface area contributed by atoms with Crippen molar-refractivity contribution in [2.24, 2.45) is 5.92 Å². The van der Waals surface area contributed by atoms with Gasteiger partial charge < -0.3 is 10.2 Å². The zero-order valence-corrected chi connectivity index (χ0v) is 11.5. The number of hydrogen-bond donors (Lipinski definition) is 1. The number of rotatable bonds is 4. The minimum Gasteiger partial charge on any atom is -0.316 e. The zero-order valence-electron chi connectivity index (χ0n) is 9.90. The smallest absolute Gasteiger partial charge is 0.151 e. The Hall–Kier alpha value is -0.420. The fourth-order valence-corrected chi connectivity index (χ4v) is 2.18. The summed E-state index contributed by atoms with van der Waals surface area (Å²) in [5, 5.41) is 11.7. The van der Waals surface area contributed by atoms with Gasteiger partial charge in [0.15, 0.2) is 5.15 Å². The predicted octanol–water partition coefficient (Wildman–Crippen LogP) is 1.59. The van der Waals surface area contributed by atoms with Crippen molar-refractivity contribution < 1.29 is 0 Å². The first kappa shape index (κ1) is 14.6. The maximum absolute atomic E-state index is 5.69. The van der Waals surface area contributed by atoms with Crippen LogP contribution in [0.15, 0.2) is 12.1 Å². The molecule has 0 aliphatic carbocycles. The molecule has 1 aliphatic heterocycles. The number of nitrogens with one attached hydrogen (secondary N) is 1. The lowest BCUT2D eigenvalue weighted by molar-refractivity contribution is 0.274. The first-order valence-electron chi connectivity index (χ1n) is 5.61. The van der Waals surface area contributed by atoms with Crippen LogP contribution in [-0.2, 0) is 6.54 Å². The Labute approximate surface area is 113 Å². The third-order valence-electron chi connectivity index (χ3n) is 2.85. The molecule has 1 saturated heterocycles. The molecule has 0 amide bonds. The highest BCUT2D eigenvalue weighted by Gasteiger charge is 2.16. The van der Waals surface area contributed by atoms with Gasteiger partial charge in [0.25, 0.3) is 0 Å². The van der Waals surface area contributed by atoms with Crippen LogP contribution in [0.1, 0.15) is 12.1 Å². The maximum atomic E-state index is 5.69. The van der Waals surface area contributed by atoms with E-state index in [9.17, 15) is 0 Å². The van der Waals surface area contributed by atoms with E-state index in [4.69, 9.17) is 11.6 Å². The van der Waals surface area contributed by atoms with Crippen molar-refractivity contribution in [1.82, 2.24) is 20.4 Å². The largest absolute Gasteiger partial charge is 0.316 e. The summed E-state index contributed by atoms with van der Waals surface area (Å²) in [5.74, 6) is 0.769. The predicted molar refractivity (Wildman–Crippen MR) is 71.6 cm³/mol. The number of nitrogens with zero attached hydrogens (tertiary/aromatic N) is 3. The van der Waals surface area contributed by atoms with Crippen LogP contribution >= 0.6 is 24.0 Å². The quantitative estimate of drug-likeness (QED) is 0.907. The van der Waals surface area contributed by atoms with Crippen molar-refractivity contribution in [3.8, 4) is 0 Å². The Balaban J connectivity index is 0.00000144. The van der Waals surface area contributed by atoms with Gasteiger partial charge in [-0.15, -0.1) is 17.5 Å². The highest BCUT2D eigenvalue weighted by Crippen LogP contribution is 2.10. The summed E-state index contributed by atoms with van der Waals surface area (Å²) < 4.78 is 0. The highest BCUT2D eigenvalue weighted by atomic mass is 35.5. The summed E-state index contributed by atoms with van der Waals surface area (Å²) in [6.45, 7) is 4.23. The molecule has 2 heterocycles. The van der Waals surface area contributed by atoms with E-state index in [-0.39, 0.29) is 12.4 Å². The Kier molecular flexibility index (Phi) is 6.12. The lowest BCUT2D eigenvalue weighted by atomic mass is 10.1. The fourth-order valence-electron chi connectivity index (χ4n) is 2.08. The van der Waals surface area contributed by atoms with Gasteiger partial charge in [0.05, 0.1) is 5.69 Å². The van der Waals surface area contributed by atoms with E-state index < -0.39 is 0 Å². The van der Waals surface area contributed by atoms with E-state index in [1.165, 1.54) is 6.42 Å². The lowest BCUT2D eigenvalue weighted by Crippen LogP contribution is -2.27. The summed E-state index contributed by atoms with van der Waals surface area (Å²) in [6.07, 6.45) is 1.27. The molecule has 0 radical (unpaired) electrons. The van der Waals surface area contributed by atoms with Crippen molar-refractivity contribution in [1.29, 1.82) is 0 Å². The van der Waals surface area contributed by atoms with E-state index in [1.807, 2.05) is 6.07 Å². The van der Waals surface area contributed by atoms with Crippen molar-refractivity contribution in [3.05, 3.63) is 23.0 Å². The van der Waals surface area contributed by atoms with Gasteiger partial charge in [0, 0.05) is 13.1 Å². The van der Waals surface area contributed by atoms with Crippen molar-refractivity contribution in [2.45, 2.75) is 13.0 Å². The molecular weight excluding hydrogens is 259 g/mol. The second kappa shape index (κ2) is 7.11. The Morgan fingerprint density at radius 2 is 2.29 bits per heavy atom. The summed E-state index contributed by atoms with van der Waals surface area (Å²) in [6, 6.07) is 3.72. The number of halogens is 2. The van der Waals surface area contributed by atoms with Crippen LogP contribution in [0.5, 0.6) is 0 Å². The maximum Gasteiger partial charge on any atom is 0.151 e. The molecule has 0 aromatic carbocycles. The molecule has 2 rings (SSSR count). The van der Waals surface area contributed by atoms with Crippen LogP contribution in [0.2, 0.25) is 5.15 Å². The van der Waals surface area contributed by atoms with E-state index in [0.29, 0.717) is 5.15 Å². The van der Waals surface area contributed by atoms with E-state index in [1.54, 1.807) is 6.07 Å². The molecule has 1 aromatic rings. The summed E-state index contributed by atoms with van der Waals surface area (Å²) >= 11 is 5.69. The number of aromatic nitrogens is 2. The third kappa shape index (κ3) is 4.76. The van der Waals surface area contributed by atoms with Crippen LogP contribution in [-0.4, -0.2) is 41.8 Å². The normalized spacial score (nSPS) is 19.4. The van der Waals surface area contributed by atoms with Gasteiger partial charge in [-0.05, 0) is 44.6 Å². The van der Waals surface area contributed by atoms with Gasteiger partial charge in [0.2, 0.25) is 0 Å². The molecule has 0 spiro atoms. The van der Waals surface area contributed by atoms with Gasteiger partial charge in [-0.2, -0.15) is 5.10 Å². The van der Waals surface area contributed by atoms with Gasteiger partial charge in [-0.25, -0.2) is 0 Å². The van der Waals surface area contributed by atoms with Gasteiger partial charge >= 0.3 is 0 Å². The van der Waals surface area contributed by atoms with E-state index >= 15 is 0 Å². The van der Waals surface area contributed by atoms with Crippen molar-refractivity contribution in [3.63, 3.8) is 0 Å². The van der Waals surface area contributed by atoms with Gasteiger partial charge in [-0.1, -0.05) is 11.6 Å². The second-order valence-electron chi connectivity index (χ2n) is 4.40.